The summed E-state index contributed by atoms with van der Waals surface area (Å²) in [5.74, 6) is 1.68. The Morgan fingerprint density at radius 1 is 0.481 bits per heavy atom. The molecule has 13 heteroatoms. The lowest BCUT2D eigenvalue weighted by Gasteiger charge is -2.39. The zero-order valence-corrected chi connectivity index (χ0v) is 49.0. The van der Waals surface area contributed by atoms with Crippen LogP contribution in [-0.4, -0.2) is 95.6 Å². The summed E-state index contributed by atoms with van der Waals surface area (Å²) in [6.07, 6.45) is 33.2. The fourth-order valence-electron chi connectivity index (χ4n) is 13.2. The number of amides is 6. The van der Waals surface area contributed by atoms with Crippen LogP contribution in [0.3, 0.4) is 0 Å². The van der Waals surface area contributed by atoms with Crippen LogP contribution in [-0.2, 0) is 9.59 Å². The summed E-state index contributed by atoms with van der Waals surface area (Å²) in [4.78, 5) is 105. The molecule has 2 aliphatic heterocycles. The average Bonchev–Trinajstić information content (AvgIpc) is 4.02. The number of carbonyl (C=O) groups is 8. The number of fused-ring (bicyclic) bond motifs is 2. The average molecular weight is 1090 g/mol. The number of hydrogen-bond acceptors (Lipinski definition) is 9. The molecule has 2 aromatic rings. The number of rotatable bonds is 38. The second-order valence-corrected chi connectivity index (χ2v) is 24.4. The van der Waals surface area contributed by atoms with Gasteiger partial charge in [-0.3, -0.25) is 43.4 Å². The first-order valence-electron chi connectivity index (χ1n) is 31.5. The predicted octanol–water partition coefficient (Wildman–Crippen LogP) is 13.6. The molecule has 0 spiro atoms. The Morgan fingerprint density at radius 3 is 1.39 bits per heavy atom. The maximum atomic E-state index is 13.4. The summed E-state index contributed by atoms with van der Waals surface area (Å²) in [5, 5.41) is 9.82. The van der Waals surface area contributed by atoms with Crippen LogP contribution in [0.15, 0.2) is 36.4 Å². The van der Waals surface area contributed by atoms with Gasteiger partial charge in [-0.05, 0) is 151 Å². The predicted molar refractivity (Wildman–Crippen MR) is 313 cm³/mol. The zero-order valence-electron chi connectivity index (χ0n) is 49.0. The molecular weight excluding hydrogens is 991 g/mol. The topological polar surface area (TPSA) is 179 Å². The summed E-state index contributed by atoms with van der Waals surface area (Å²) in [6.45, 7) is 7.73. The van der Waals surface area contributed by atoms with E-state index < -0.39 is 0 Å². The molecule has 2 aliphatic carbocycles. The van der Waals surface area contributed by atoms with Crippen LogP contribution in [0.25, 0.3) is 0 Å². The van der Waals surface area contributed by atoms with Gasteiger partial charge in [0.2, 0.25) is 5.91 Å². The number of Topliss-reactive ketones (excluding diaryl/α,β-unsaturated/α-hetero) is 2. The molecule has 2 saturated carbocycles. The molecule has 436 valence electrons. The minimum atomic E-state index is -0.301. The number of hydrogen-bond donors (Lipinski definition) is 3. The second-order valence-electron chi connectivity index (χ2n) is 24.4. The van der Waals surface area contributed by atoms with Gasteiger partial charge >= 0.3 is 0 Å². The van der Waals surface area contributed by atoms with Crippen LogP contribution in [0.2, 0.25) is 0 Å². The normalized spacial score (nSPS) is 20.9. The quantitative estimate of drug-likeness (QED) is 0.0335. The minimum absolute atomic E-state index is 0.0129. The van der Waals surface area contributed by atoms with E-state index in [1.165, 1.54) is 48.3 Å². The highest BCUT2D eigenvalue weighted by Crippen LogP contribution is 2.39. The summed E-state index contributed by atoms with van der Waals surface area (Å²) < 4.78 is 0. The Balaban J connectivity index is 0.716. The molecule has 0 aromatic heterocycles. The standard InChI is InChI=1S/C66H99N5O8/c1-47-42-50(31-37-58(47)67-4)44-51-32-38-59(48(2)43-51)69-62(75)53-34-36-55-57(46-53)66(79)71(64(55)77)41-27-21-14-10-6-8-12-18-24-30-61(74)68-39-25-19-15-17-23-29-60(73)52-33-35-54-56(45-52)65(78)70(63(54)76)40-26-20-13-9-5-7-11-16-22-28-49(3)72/h33-36,45-48,50-51,58-59,67H,5-32,37-44H2,1-4H3,(H,68,74)(H,69,75). The molecule has 0 bridgehead atoms. The third kappa shape index (κ3) is 19.9. The number of ketones is 2. The molecule has 2 heterocycles. The number of unbranched alkanes of at least 4 members (excludes halogenated alkanes) is 20. The van der Waals surface area contributed by atoms with Crippen LogP contribution in [0.4, 0.5) is 0 Å². The molecular formula is C66H99N5O8. The highest BCUT2D eigenvalue weighted by molar-refractivity contribution is 6.23. The lowest BCUT2D eigenvalue weighted by molar-refractivity contribution is -0.121. The van der Waals surface area contributed by atoms with Crippen LogP contribution >= 0.6 is 0 Å². The molecule has 6 amide bonds. The van der Waals surface area contributed by atoms with Gasteiger partial charge in [0.1, 0.15) is 5.78 Å². The van der Waals surface area contributed by atoms with E-state index in [1.807, 2.05) is 0 Å². The number of benzene rings is 2. The maximum absolute atomic E-state index is 13.4. The van der Waals surface area contributed by atoms with Crippen molar-refractivity contribution in [2.24, 2.45) is 23.7 Å². The van der Waals surface area contributed by atoms with Crippen LogP contribution in [0, 0.1) is 23.7 Å². The summed E-state index contributed by atoms with van der Waals surface area (Å²) in [7, 11) is 2.08. The molecule has 13 nitrogen and oxygen atoms in total. The third-order valence-corrected chi connectivity index (χ3v) is 18.0. The molecule has 6 atom stereocenters. The van der Waals surface area contributed by atoms with E-state index in [9.17, 15) is 38.4 Å². The van der Waals surface area contributed by atoms with Gasteiger partial charge < -0.3 is 20.7 Å². The second kappa shape index (κ2) is 33.6. The van der Waals surface area contributed by atoms with E-state index in [4.69, 9.17) is 0 Å². The minimum Gasteiger partial charge on any atom is -0.356 e. The first-order valence-corrected chi connectivity index (χ1v) is 31.5. The monoisotopic (exact) mass is 1090 g/mol. The first-order chi connectivity index (χ1) is 38.2. The summed E-state index contributed by atoms with van der Waals surface area (Å²) in [6, 6.07) is 10.6. The van der Waals surface area contributed by atoms with Gasteiger partial charge in [-0.25, -0.2) is 0 Å². The van der Waals surface area contributed by atoms with Gasteiger partial charge in [0.15, 0.2) is 5.78 Å². The van der Waals surface area contributed by atoms with Crippen LogP contribution in [0.5, 0.6) is 0 Å². The van der Waals surface area contributed by atoms with E-state index in [0.717, 1.165) is 166 Å². The summed E-state index contributed by atoms with van der Waals surface area (Å²) >= 11 is 0. The smallest absolute Gasteiger partial charge is 0.261 e. The van der Waals surface area contributed by atoms with Gasteiger partial charge in [0, 0.05) is 62.1 Å². The van der Waals surface area contributed by atoms with Gasteiger partial charge in [0.05, 0.1) is 22.3 Å². The molecule has 6 unspecified atom stereocenters. The van der Waals surface area contributed by atoms with Gasteiger partial charge in [-0.1, -0.05) is 129 Å². The Kier molecular flexibility index (Phi) is 26.9. The van der Waals surface area contributed by atoms with E-state index in [2.05, 4.69) is 36.8 Å². The van der Waals surface area contributed by atoms with Crippen LogP contribution in [0.1, 0.15) is 295 Å². The number of nitrogens with zero attached hydrogens (tertiary/aromatic N) is 2. The van der Waals surface area contributed by atoms with Crippen molar-refractivity contribution in [3.63, 3.8) is 0 Å². The largest absolute Gasteiger partial charge is 0.356 e. The van der Waals surface area contributed by atoms with E-state index in [0.29, 0.717) is 90.2 Å². The lowest BCUT2D eigenvalue weighted by atomic mass is 9.70. The fourth-order valence-corrected chi connectivity index (χ4v) is 13.2. The van der Waals surface area contributed by atoms with E-state index in [-0.39, 0.29) is 53.1 Å². The van der Waals surface area contributed by atoms with Crippen molar-refractivity contribution in [3.05, 3.63) is 69.8 Å². The van der Waals surface area contributed by atoms with E-state index in [1.54, 1.807) is 43.3 Å². The van der Waals surface area contributed by atoms with Gasteiger partial charge in [-0.2, -0.15) is 0 Å². The van der Waals surface area contributed by atoms with Crippen molar-refractivity contribution in [2.45, 2.75) is 245 Å². The third-order valence-electron chi connectivity index (χ3n) is 18.0. The van der Waals surface area contributed by atoms with Crippen molar-refractivity contribution >= 4 is 47.0 Å². The summed E-state index contributed by atoms with van der Waals surface area (Å²) in [5.41, 5.74) is 2.37. The van der Waals surface area contributed by atoms with Crippen molar-refractivity contribution in [1.29, 1.82) is 0 Å². The van der Waals surface area contributed by atoms with Gasteiger partial charge in [-0.15, -0.1) is 0 Å². The molecule has 3 N–H and O–H groups in total. The van der Waals surface area contributed by atoms with Crippen molar-refractivity contribution in [1.82, 2.24) is 25.8 Å². The van der Waals surface area contributed by atoms with Crippen molar-refractivity contribution in [2.75, 3.05) is 26.7 Å². The van der Waals surface area contributed by atoms with Crippen molar-refractivity contribution < 1.29 is 38.4 Å². The Labute approximate surface area is 474 Å². The fraction of sp³-hybridized carbons (Fsp3) is 0.697. The van der Waals surface area contributed by atoms with Crippen molar-refractivity contribution in [3.8, 4) is 0 Å². The molecule has 4 aliphatic rings. The zero-order chi connectivity index (χ0) is 56.5. The number of imide groups is 2. The molecule has 0 radical (unpaired) electrons. The first kappa shape index (κ1) is 63.1. The molecule has 2 aromatic carbocycles. The molecule has 79 heavy (non-hydrogen) atoms. The molecule has 0 saturated heterocycles. The Hall–Kier alpha value is -5.04. The highest BCUT2D eigenvalue weighted by atomic mass is 16.2. The SMILES string of the molecule is CNC1CCC(CC2CCC(NC(=O)c3ccc4c(c3)C(=O)N(CCCCCCCCCCCC(=O)NCCCCCCCC(=O)c3ccc5c(c3)C(=O)N(CCCCCCCCCCCC(C)=O)C5=O)C4=O)C(C)C2)CC1C. The number of nitrogens with one attached hydrogen (secondary N) is 3. The molecule has 2 fully saturated rings. The highest BCUT2D eigenvalue weighted by Gasteiger charge is 2.38. The lowest BCUT2D eigenvalue weighted by Crippen LogP contribution is -2.43. The Bertz CT molecular complexity index is 2350. The maximum Gasteiger partial charge on any atom is 0.261 e. The Morgan fingerprint density at radius 2 is 0.899 bits per heavy atom. The van der Waals surface area contributed by atoms with E-state index >= 15 is 0 Å². The van der Waals surface area contributed by atoms with Crippen LogP contribution < -0.4 is 16.0 Å². The molecule has 6 rings (SSSR count). The number of carbonyl (C=O) groups excluding carboxylic acids is 8. The van der Waals surface area contributed by atoms with Gasteiger partial charge in [0.25, 0.3) is 29.5 Å².